The van der Waals surface area contributed by atoms with E-state index in [1.54, 1.807) is 31.2 Å². The summed E-state index contributed by atoms with van der Waals surface area (Å²) in [5.41, 5.74) is 0.754. The zero-order chi connectivity index (χ0) is 20.6. The average Bonchev–Trinajstić information content (AvgIpc) is 2.59. The van der Waals surface area contributed by atoms with Crippen molar-refractivity contribution in [2.75, 3.05) is 33.0 Å². The van der Waals surface area contributed by atoms with E-state index in [0.29, 0.717) is 11.4 Å². The summed E-state index contributed by atoms with van der Waals surface area (Å²) >= 11 is 5.88. The van der Waals surface area contributed by atoms with Crippen LogP contribution in [0.2, 0.25) is 5.02 Å². The molecule has 152 valence electrons. The lowest BCUT2D eigenvalue weighted by Gasteiger charge is -2.30. The van der Waals surface area contributed by atoms with E-state index in [-0.39, 0.29) is 32.1 Å². The molecule has 27 heavy (non-hydrogen) atoms. The van der Waals surface area contributed by atoms with Crippen LogP contribution in [0.5, 0.6) is 0 Å². The Labute approximate surface area is 165 Å². The van der Waals surface area contributed by atoms with Crippen molar-refractivity contribution in [1.29, 1.82) is 0 Å². The maximum atomic E-state index is 12.7. The number of amides is 2. The normalized spacial score (nSPS) is 12.7. The first-order valence-electron chi connectivity index (χ1n) is 8.40. The predicted molar refractivity (Wildman–Crippen MR) is 104 cm³/mol. The lowest BCUT2D eigenvalue weighted by Crippen LogP contribution is -2.50. The lowest BCUT2D eigenvalue weighted by atomic mass is 10.1. The SMILES string of the molecule is CC(C(=O)NCCCO)N(Cc1ccc(Cl)cc1)C(=O)CN(C)S(C)(=O)=O. The van der Waals surface area contributed by atoms with E-state index in [9.17, 15) is 18.0 Å². The van der Waals surface area contributed by atoms with Gasteiger partial charge in [-0.1, -0.05) is 23.7 Å². The minimum atomic E-state index is -3.53. The number of carbonyl (C=O) groups is 2. The molecular weight excluding hydrogens is 394 g/mol. The number of carbonyl (C=O) groups excluding carboxylic acids is 2. The molecule has 1 unspecified atom stereocenters. The van der Waals surface area contributed by atoms with Gasteiger partial charge in [-0.15, -0.1) is 0 Å². The molecule has 10 heteroatoms. The smallest absolute Gasteiger partial charge is 0.242 e. The standard InChI is InChI=1S/C17H26ClN3O5S/c1-13(17(24)19-9-4-10-22)21(11-14-5-7-15(18)8-6-14)16(23)12-20(2)27(3,25)26/h5-8,13,22H,4,9-12H2,1-3H3,(H,19,24). The summed E-state index contributed by atoms with van der Waals surface area (Å²) in [6, 6.07) is 6.00. The number of sulfonamides is 1. The Hall–Kier alpha value is -1.68. The van der Waals surface area contributed by atoms with Gasteiger partial charge in [0, 0.05) is 31.8 Å². The maximum absolute atomic E-state index is 12.7. The van der Waals surface area contributed by atoms with Gasteiger partial charge >= 0.3 is 0 Å². The zero-order valence-electron chi connectivity index (χ0n) is 15.7. The van der Waals surface area contributed by atoms with E-state index in [1.165, 1.54) is 11.9 Å². The van der Waals surface area contributed by atoms with Crippen molar-refractivity contribution in [1.82, 2.24) is 14.5 Å². The van der Waals surface area contributed by atoms with Gasteiger partial charge in [-0.25, -0.2) is 8.42 Å². The highest BCUT2D eigenvalue weighted by Gasteiger charge is 2.28. The van der Waals surface area contributed by atoms with Crippen LogP contribution in [0.15, 0.2) is 24.3 Å². The fourth-order valence-electron chi connectivity index (χ4n) is 2.21. The van der Waals surface area contributed by atoms with Gasteiger partial charge in [0.25, 0.3) is 0 Å². The summed E-state index contributed by atoms with van der Waals surface area (Å²) in [5.74, 6) is -0.879. The maximum Gasteiger partial charge on any atom is 0.242 e. The number of aliphatic hydroxyl groups is 1. The van der Waals surface area contributed by atoms with Crippen LogP contribution >= 0.6 is 11.6 Å². The molecule has 0 saturated heterocycles. The van der Waals surface area contributed by atoms with Crippen LogP contribution < -0.4 is 5.32 Å². The van der Waals surface area contributed by atoms with Crippen molar-refractivity contribution in [3.63, 3.8) is 0 Å². The van der Waals surface area contributed by atoms with Gasteiger partial charge in [-0.05, 0) is 31.0 Å². The molecule has 0 fully saturated rings. The van der Waals surface area contributed by atoms with E-state index < -0.39 is 22.0 Å². The molecule has 1 aromatic carbocycles. The number of aliphatic hydroxyl groups excluding tert-OH is 1. The molecule has 0 spiro atoms. The van der Waals surface area contributed by atoms with Crippen molar-refractivity contribution >= 4 is 33.4 Å². The van der Waals surface area contributed by atoms with Crippen LogP contribution in [0.3, 0.4) is 0 Å². The second kappa shape index (κ2) is 10.6. The Kier molecular flexibility index (Phi) is 9.17. The fraction of sp³-hybridized carbons (Fsp3) is 0.529. The van der Waals surface area contributed by atoms with E-state index in [0.717, 1.165) is 16.1 Å². The van der Waals surface area contributed by atoms with Crippen LogP contribution in [0.4, 0.5) is 0 Å². The van der Waals surface area contributed by atoms with Gasteiger partial charge in [0.1, 0.15) is 6.04 Å². The Morgan fingerprint density at radius 1 is 1.26 bits per heavy atom. The zero-order valence-corrected chi connectivity index (χ0v) is 17.3. The van der Waals surface area contributed by atoms with Gasteiger partial charge in [0.2, 0.25) is 21.8 Å². The van der Waals surface area contributed by atoms with Crippen molar-refractivity contribution < 1.29 is 23.1 Å². The average molecular weight is 420 g/mol. The second-order valence-corrected chi connectivity index (χ2v) is 8.74. The van der Waals surface area contributed by atoms with Gasteiger partial charge in [0.05, 0.1) is 12.8 Å². The highest BCUT2D eigenvalue weighted by molar-refractivity contribution is 7.88. The highest BCUT2D eigenvalue weighted by Crippen LogP contribution is 2.14. The second-order valence-electron chi connectivity index (χ2n) is 6.21. The first kappa shape index (κ1) is 23.4. The van der Waals surface area contributed by atoms with Crippen LogP contribution in [0.1, 0.15) is 18.9 Å². The van der Waals surface area contributed by atoms with E-state index in [2.05, 4.69) is 5.32 Å². The predicted octanol–water partition coefficient (Wildman–Crippen LogP) is 0.447. The molecule has 1 rings (SSSR count). The summed E-state index contributed by atoms with van der Waals surface area (Å²) in [6.45, 7) is 1.55. The first-order chi connectivity index (χ1) is 12.6. The van der Waals surface area contributed by atoms with Gasteiger partial charge < -0.3 is 15.3 Å². The number of likely N-dealkylation sites (N-methyl/N-ethyl adjacent to an activating group) is 1. The van der Waals surface area contributed by atoms with Crippen LogP contribution in [0, 0.1) is 0 Å². The first-order valence-corrected chi connectivity index (χ1v) is 10.6. The Morgan fingerprint density at radius 2 is 1.85 bits per heavy atom. The van der Waals surface area contributed by atoms with Gasteiger partial charge in [-0.2, -0.15) is 4.31 Å². The van der Waals surface area contributed by atoms with Crippen LogP contribution in [-0.4, -0.2) is 73.6 Å². The van der Waals surface area contributed by atoms with Crippen LogP contribution in [0.25, 0.3) is 0 Å². The minimum absolute atomic E-state index is 0.0543. The highest BCUT2D eigenvalue weighted by atomic mass is 35.5. The summed E-state index contributed by atoms with van der Waals surface area (Å²) in [7, 11) is -2.23. The summed E-state index contributed by atoms with van der Waals surface area (Å²) in [5, 5.41) is 12.0. The largest absolute Gasteiger partial charge is 0.396 e. The van der Waals surface area contributed by atoms with Gasteiger partial charge in [0.15, 0.2) is 0 Å². The third kappa shape index (κ3) is 7.84. The lowest BCUT2D eigenvalue weighted by molar-refractivity contribution is -0.140. The molecule has 0 aromatic heterocycles. The van der Waals surface area contributed by atoms with Gasteiger partial charge in [-0.3, -0.25) is 9.59 Å². The Morgan fingerprint density at radius 3 is 2.37 bits per heavy atom. The third-order valence-corrected chi connectivity index (χ3v) is 5.51. The number of hydrogen-bond acceptors (Lipinski definition) is 5. The van der Waals surface area contributed by atoms with E-state index in [4.69, 9.17) is 16.7 Å². The molecule has 0 aliphatic rings. The number of halogens is 1. The molecule has 0 heterocycles. The topological polar surface area (TPSA) is 107 Å². The molecule has 0 bridgehead atoms. The number of hydrogen-bond donors (Lipinski definition) is 2. The third-order valence-electron chi connectivity index (χ3n) is 3.99. The molecule has 0 aliphatic carbocycles. The number of rotatable bonds is 10. The molecular formula is C17H26ClN3O5S. The minimum Gasteiger partial charge on any atom is -0.396 e. The fourth-order valence-corrected chi connectivity index (χ4v) is 2.68. The molecule has 0 saturated carbocycles. The van der Waals surface area contributed by atoms with Crippen molar-refractivity contribution in [2.45, 2.75) is 25.9 Å². The quantitative estimate of drug-likeness (QED) is 0.535. The monoisotopic (exact) mass is 419 g/mol. The number of nitrogens with one attached hydrogen (secondary N) is 1. The van der Waals surface area contributed by atoms with Crippen LogP contribution in [-0.2, 0) is 26.2 Å². The Balaban J connectivity index is 2.98. The summed E-state index contributed by atoms with van der Waals surface area (Å²) < 4.78 is 24.1. The van der Waals surface area contributed by atoms with Crippen molar-refractivity contribution in [2.24, 2.45) is 0 Å². The van der Waals surface area contributed by atoms with E-state index >= 15 is 0 Å². The van der Waals surface area contributed by atoms with Crippen molar-refractivity contribution in [3.8, 4) is 0 Å². The molecule has 0 radical (unpaired) electrons. The molecule has 1 aromatic rings. The molecule has 1 atom stereocenters. The molecule has 0 aliphatic heterocycles. The summed E-state index contributed by atoms with van der Waals surface area (Å²) in [4.78, 5) is 26.4. The molecule has 2 amide bonds. The molecule has 8 nitrogen and oxygen atoms in total. The Bertz CT molecular complexity index is 739. The molecule has 2 N–H and O–H groups in total. The number of nitrogens with zero attached hydrogens (tertiary/aromatic N) is 2. The number of benzene rings is 1. The van der Waals surface area contributed by atoms with Crippen molar-refractivity contribution in [3.05, 3.63) is 34.9 Å². The van der Waals surface area contributed by atoms with E-state index in [1.807, 2.05) is 0 Å². The summed E-state index contributed by atoms with van der Waals surface area (Å²) in [6.07, 6.45) is 1.41.